The van der Waals surface area contributed by atoms with Gasteiger partial charge in [-0.2, -0.15) is 5.26 Å². The highest BCUT2D eigenvalue weighted by Gasteiger charge is 2.38. The van der Waals surface area contributed by atoms with Gasteiger partial charge in [0.2, 0.25) is 0 Å². The van der Waals surface area contributed by atoms with Crippen molar-refractivity contribution in [3.05, 3.63) is 0 Å². The van der Waals surface area contributed by atoms with Crippen LogP contribution in [0, 0.1) is 17.2 Å². The fraction of sp³-hybridized carbons (Fsp3) is 0.889. The Morgan fingerprint density at radius 2 is 2.42 bits per heavy atom. The molecule has 0 radical (unpaired) electrons. The van der Waals surface area contributed by atoms with E-state index in [-0.39, 0.29) is 12.0 Å². The van der Waals surface area contributed by atoms with Crippen molar-refractivity contribution >= 4 is 0 Å². The largest absolute Gasteiger partial charge is 0.388 e. The fourth-order valence-corrected chi connectivity index (χ4v) is 1.61. The van der Waals surface area contributed by atoms with Crippen molar-refractivity contribution < 1.29 is 9.84 Å². The topological polar surface area (TPSA) is 53.2 Å². The third-order valence-corrected chi connectivity index (χ3v) is 2.58. The molecule has 3 nitrogen and oxygen atoms in total. The molecule has 0 aromatic heterocycles. The summed E-state index contributed by atoms with van der Waals surface area (Å²) in [4.78, 5) is 0. The first-order chi connectivity index (χ1) is 5.58. The predicted octanol–water partition coefficient (Wildman–Crippen LogP) is 1.08. The molecule has 1 aliphatic rings. The number of nitriles is 1. The van der Waals surface area contributed by atoms with Gasteiger partial charge in [-0.05, 0) is 13.8 Å². The van der Waals surface area contributed by atoms with Gasteiger partial charge in [0, 0.05) is 19.4 Å². The molecule has 0 aromatic rings. The van der Waals surface area contributed by atoms with E-state index in [4.69, 9.17) is 10.00 Å². The van der Waals surface area contributed by atoms with Crippen LogP contribution < -0.4 is 0 Å². The fourth-order valence-electron chi connectivity index (χ4n) is 1.61. The zero-order valence-electron chi connectivity index (χ0n) is 7.58. The van der Waals surface area contributed by atoms with E-state index in [1.54, 1.807) is 6.92 Å². The number of rotatable bonds is 1. The van der Waals surface area contributed by atoms with Crippen molar-refractivity contribution in [1.82, 2.24) is 0 Å². The summed E-state index contributed by atoms with van der Waals surface area (Å²) in [7, 11) is 0. The summed E-state index contributed by atoms with van der Waals surface area (Å²) in [5.74, 6) is -0.302. The summed E-state index contributed by atoms with van der Waals surface area (Å²) >= 11 is 0. The molecule has 0 spiro atoms. The van der Waals surface area contributed by atoms with Gasteiger partial charge in [0.15, 0.2) is 0 Å². The van der Waals surface area contributed by atoms with Crippen molar-refractivity contribution in [2.45, 2.75) is 38.4 Å². The SMILES string of the molecule is CC1CC(O)(C(C)C#N)CCO1. The lowest BCUT2D eigenvalue weighted by Gasteiger charge is -2.37. The second kappa shape index (κ2) is 3.42. The minimum absolute atomic E-state index is 0.0690. The Morgan fingerprint density at radius 3 is 2.92 bits per heavy atom. The highest BCUT2D eigenvalue weighted by Crippen LogP contribution is 2.31. The van der Waals surface area contributed by atoms with Gasteiger partial charge in [-0.15, -0.1) is 0 Å². The van der Waals surface area contributed by atoms with Crippen LogP contribution in [-0.2, 0) is 4.74 Å². The number of ether oxygens (including phenoxy) is 1. The van der Waals surface area contributed by atoms with Gasteiger partial charge in [0.05, 0.1) is 23.7 Å². The van der Waals surface area contributed by atoms with E-state index in [0.29, 0.717) is 19.4 Å². The van der Waals surface area contributed by atoms with Crippen LogP contribution in [0.15, 0.2) is 0 Å². The monoisotopic (exact) mass is 169 g/mol. The van der Waals surface area contributed by atoms with Gasteiger partial charge < -0.3 is 9.84 Å². The molecule has 1 saturated heterocycles. The summed E-state index contributed by atoms with van der Waals surface area (Å²) in [6.07, 6.45) is 1.22. The van der Waals surface area contributed by atoms with Crippen LogP contribution in [0.2, 0.25) is 0 Å². The van der Waals surface area contributed by atoms with Crippen LogP contribution in [0.3, 0.4) is 0 Å². The Morgan fingerprint density at radius 1 is 1.75 bits per heavy atom. The maximum atomic E-state index is 10.0. The van der Waals surface area contributed by atoms with E-state index >= 15 is 0 Å². The Labute approximate surface area is 73.0 Å². The first kappa shape index (κ1) is 9.50. The second-order valence-electron chi connectivity index (χ2n) is 3.59. The molecule has 3 heteroatoms. The number of nitrogens with zero attached hydrogens (tertiary/aromatic N) is 1. The van der Waals surface area contributed by atoms with E-state index in [0.717, 1.165) is 0 Å². The average molecular weight is 169 g/mol. The lowest BCUT2D eigenvalue weighted by molar-refractivity contribution is -0.113. The van der Waals surface area contributed by atoms with Crippen molar-refractivity contribution in [3.63, 3.8) is 0 Å². The number of aliphatic hydroxyl groups is 1. The van der Waals surface area contributed by atoms with Gasteiger partial charge >= 0.3 is 0 Å². The van der Waals surface area contributed by atoms with Crippen LogP contribution in [0.25, 0.3) is 0 Å². The first-order valence-electron chi connectivity index (χ1n) is 4.32. The average Bonchev–Trinajstić information content (AvgIpc) is 2.02. The summed E-state index contributed by atoms with van der Waals surface area (Å²) in [6, 6.07) is 2.09. The van der Waals surface area contributed by atoms with Gasteiger partial charge in [-0.1, -0.05) is 0 Å². The molecule has 1 heterocycles. The highest BCUT2D eigenvalue weighted by molar-refractivity contribution is 4.98. The molecule has 0 aromatic carbocycles. The van der Waals surface area contributed by atoms with Crippen LogP contribution in [0.4, 0.5) is 0 Å². The van der Waals surface area contributed by atoms with Gasteiger partial charge in [0.1, 0.15) is 0 Å². The molecule has 68 valence electrons. The zero-order chi connectivity index (χ0) is 9.19. The van der Waals surface area contributed by atoms with E-state index in [1.807, 2.05) is 6.92 Å². The van der Waals surface area contributed by atoms with Gasteiger partial charge in [-0.25, -0.2) is 0 Å². The Bertz CT molecular complexity index is 199. The molecule has 1 fully saturated rings. The maximum Gasteiger partial charge on any atom is 0.0849 e. The lowest BCUT2D eigenvalue weighted by Crippen LogP contribution is -2.44. The number of hydrogen-bond acceptors (Lipinski definition) is 3. The quantitative estimate of drug-likeness (QED) is 0.639. The molecular weight excluding hydrogens is 154 g/mol. The van der Waals surface area contributed by atoms with E-state index in [9.17, 15) is 5.11 Å². The summed E-state index contributed by atoms with van der Waals surface area (Å²) in [5, 5.41) is 18.7. The Balaban J connectivity index is 2.64. The van der Waals surface area contributed by atoms with E-state index in [2.05, 4.69) is 6.07 Å². The molecule has 1 aliphatic heterocycles. The maximum absolute atomic E-state index is 10.0. The molecule has 3 unspecified atom stereocenters. The molecule has 1 rings (SSSR count). The standard InChI is InChI=1S/C9H15NO2/c1-7(6-10)9(11)3-4-12-8(2)5-9/h7-8,11H,3-5H2,1-2H3. The minimum atomic E-state index is -0.827. The summed E-state index contributed by atoms with van der Waals surface area (Å²) in [6.45, 7) is 4.25. The van der Waals surface area contributed by atoms with E-state index < -0.39 is 5.60 Å². The third kappa shape index (κ3) is 1.77. The third-order valence-electron chi connectivity index (χ3n) is 2.58. The van der Waals surface area contributed by atoms with Crippen molar-refractivity contribution in [3.8, 4) is 6.07 Å². The molecule has 0 saturated carbocycles. The van der Waals surface area contributed by atoms with Crippen molar-refractivity contribution in [1.29, 1.82) is 5.26 Å². The highest BCUT2D eigenvalue weighted by atomic mass is 16.5. The van der Waals surface area contributed by atoms with Gasteiger partial charge in [0.25, 0.3) is 0 Å². The molecule has 0 amide bonds. The second-order valence-corrected chi connectivity index (χ2v) is 3.59. The molecule has 3 atom stereocenters. The van der Waals surface area contributed by atoms with Gasteiger partial charge in [-0.3, -0.25) is 0 Å². The van der Waals surface area contributed by atoms with Crippen molar-refractivity contribution in [2.75, 3.05) is 6.61 Å². The first-order valence-corrected chi connectivity index (χ1v) is 4.32. The molecule has 0 bridgehead atoms. The predicted molar refractivity (Wildman–Crippen MR) is 44.4 cm³/mol. The zero-order valence-corrected chi connectivity index (χ0v) is 7.58. The molecule has 1 N–H and O–H groups in total. The van der Waals surface area contributed by atoms with Crippen LogP contribution >= 0.6 is 0 Å². The molecule has 12 heavy (non-hydrogen) atoms. The molecule has 0 aliphatic carbocycles. The van der Waals surface area contributed by atoms with Crippen molar-refractivity contribution in [2.24, 2.45) is 5.92 Å². The van der Waals surface area contributed by atoms with Crippen LogP contribution in [0.1, 0.15) is 26.7 Å². The summed E-state index contributed by atoms with van der Waals surface area (Å²) in [5.41, 5.74) is -0.827. The normalized spacial score (nSPS) is 38.7. The van der Waals surface area contributed by atoms with Crippen LogP contribution in [0.5, 0.6) is 0 Å². The number of hydrogen-bond donors (Lipinski definition) is 1. The minimum Gasteiger partial charge on any atom is -0.388 e. The van der Waals surface area contributed by atoms with Crippen LogP contribution in [-0.4, -0.2) is 23.4 Å². The lowest BCUT2D eigenvalue weighted by atomic mass is 9.81. The summed E-state index contributed by atoms with van der Waals surface area (Å²) < 4.78 is 5.30. The van der Waals surface area contributed by atoms with E-state index in [1.165, 1.54) is 0 Å². The molecular formula is C9H15NO2. The smallest absolute Gasteiger partial charge is 0.0849 e. The Hall–Kier alpha value is -0.590. The Kier molecular flexibility index (Phi) is 2.71.